The average molecular weight is 312 g/mol. The van der Waals surface area contributed by atoms with E-state index in [4.69, 9.17) is 4.74 Å². The lowest BCUT2D eigenvalue weighted by molar-refractivity contribution is 0.101. The SMILES string of the molecule is COc1ccccc1C(=O)CSc1nc2ccc(C)cc2[nH]1. The second-order valence-corrected chi connectivity index (χ2v) is 5.94. The van der Waals surface area contributed by atoms with E-state index in [9.17, 15) is 4.79 Å². The van der Waals surface area contributed by atoms with Crippen molar-refractivity contribution in [3.63, 3.8) is 0 Å². The number of thioether (sulfide) groups is 1. The number of ether oxygens (including phenoxy) is 1. The molecule has 4 nitrogen and oxygen atoms in total. The molecule has 0 radical (unpaired) electrons. The molecule has 1 N–H and O–H groups in total. The predicted octanol–water partition coefficient (Wildman–Crippen LogP) is 3.85. The van der Waals surface area contributed by atoms with Crippen molar-refractivity contribution in [2.45, 2.75) is 12.1 Å². The van der Waals surface area contributed by atoms with Gasteiger partial charge in [-0.3, -0.25) is 4.79 Å². The Morgan fingerprint density at radius 3 is 2.91 bits per heavy atom. The molecule has 2 aromatic carbocycles. The molecule has 0 bridgehead atoms. The van der Waals surface area contributed by atoms with Crippen LogP contribution in [0.2, 0.25) is 0 Å². The van der Waals surface area contributed by atoms with Gasteiger partial charge in [0.2, 0.25) is 0 Å². The fraction of sp³-hybridized carbons (Fsp3) is 0.176. The Hall–Kier alpha value is -2.27. The van der Waals surface area contributed by atoms with Crippen molar-refractivity contribution >= 4 is 28.6 Å². The zero-order chi connectivity index (χ0) is 15.5. The number of aromatic amines is 1. The molecule has 0 unspecified atom stereocenters. The summed E-state index contributed by atoms with van der Waals surface area (Å²) in [5, 5.41) is 0.754. The van der Waals surface area contributed by atoms with Crippen LogP contribution in [-0.4, -0.2) is 28.6 Å². The molecule has 1 aromatic heterocycles. The van der Waals surface area contributed by atoms with Gasteiger partial charge < -0.3 is 9.72 Å². The van der Waals surface area contributed by atoms with Gasteiger partial charge in [0, 0.05) is 0 Å². The molecule has 112 valence electrons. The number of aromatic nitrogens is 2. The fourth-order valence-electron chi connectivity index (χ4n) is 2.26. The maximum absolute atomic E-state index is 12.3. The molecule has 3 aromatic rings. The summed E-state index contributed by atoms with van der Waals surface area (Å²) in [6.07, 6.45) is 0. The van der Waals surface area contributed by atoms with Gasteiger partial charge in [0.15, 0.2) is 10.9 Å². The summed E-state index contributed by atoms with van der Waals surface area (Å²) in [6.45, 7) is 2.04. The number of imidazole rings is 1. The quantitative estimate of drug-likeness (QED) is 0.574. The molecule has 22 heavy (non-hydrogen) atoms. The molecular formula is C17H16N2O2S. The minimum absolute atomic E-state index is 0.0269. The first-order valence-corrected chi connectivity index (χ1v) is 7.91. The van der Waals surface area contributed by atoms with Crippen molar-refractivity contribution in [2.24, 2.45) is 0 Å². The van der Waals surface area contributed by atoms with E-state index in [0.717, 1.165) is 16.2 Å². The van der Waals surface area contributed by atoms with Gasteiger partial charge in [0.1, 0.15) is 5.75 Å². The molecule has 5 heteroatoms. The molecule has 0 aliphatic rings. The van der Waals surface area contributed by atoms with Gasteiger partial charge >= 0.3 is 0 Å². The number of methoxy groups -OCH3 is 1. The lowest BCUT2D eigenvalue weighted by atomic mass is 10.1. The van der Waals surface area contributed by atoms with Crippen LogP contribution in [0.5, 0.6) is 5.75 Å². The van der Waals surface area contributed by atoms with Crippen LogP contribution in [-0.2, 0) is 0 Å². The van der Waals surface area contributed by atoms with E-state index in [1.807, 2.05) is 31.2 Å². The number of rotatable bonds is 5. The first kappa shape index (κ1) is 14.7. The number of Topliss-reactive ketones (excluding diaryl/α,β-unsaturated/α-hetero) is 1. The molecular weight excluding hydrogens is 296 g/mol. The minimum Gasteiger partial charge on any atom is -0.496 e. The van der Waals surface area contributed by atoms with Crippen LogP contribution in [0, 0.1) is 6.92 Å². The number of hydrogen-bond donors (Lipinski definition) is 1. The molecule has 3 rings (SSSR count). The first-order chi connectivity index (χ1) is 10.7. The molecule has 0 atom stereocenters. The zero-order valence-electron chi connectivity index (χ0n) is 12.4. The van der Waals surface area contributed by atoms with E-state index in [1.165, 1.54) is 17.3 Å². The number of para-hydroxylation sites is 1. The number of nitrogens with one attached hydrogen (secondary N) is 1. The highest BCUT2D eigenvalue weighted by atomic mass is 32.2. The average Bonchev–Trinajstić information content (AvgIpc) is 2.94. The van der Waals surface area contributed by atoms with Crippen LogP contribution in [0.4, 0.5) is 0 Å². The maximum Gasteiger partial charge on any atom is 0.176 e. The second kappa shape index (κ2) is 6.23. The van der Waals surface area contributed by atoms with E-state index in [1.54, 1.807) is 19.2 Å². The van der Waals surface area contributed by atoms with Crippen LogP contribution in [0.15, 0.2) is 47.6 Å². The smallest absolute Gasteiger partial charge is 0.176 e. The number of carbonyl (C=O) groups excluding carboxylic acids is 1. The normalized spacial score (nSPS) is 10.8. The Bertz CT molecular complexity index is 826. The van der Waals surface area contributed by atoms with E-state index >= 15 is 0 Å². The monoisotopic (exact) mass is 312 g/mol. The molecule has 0 amide bonds. The van der Waals surface area contributed by atoms with Crippen LogP contribution in [0.3, 0.4) is 0 Å². The molecule has 0 aliphatic carbocycles. The van der Waals surface area contributed by atoms with Crippen LogP contribution in [0.25, 0.3) is 11.0 Å². The highest BCUT2D eigenvalue weighted by Gasteiger charge is 2.13. The van der Waals surface area contributed by atoms with E-state index in [-0.39, 0.29) is 5.78 Å². The summed E-state index contributed by atoms with van der Waals surface area (Å²) >= 11 is 1.40. The largest absolute Gasteiger partial charge is 0.496 e. The highest BCUT2D eigenvalue weighted by Crippen LogP contribution is 2.24. The second-order valence-electron chi connectivity index (χ2n) is 4.97. The number of aryl methyl sites for hydroxylation is 1. The third-order valence-corrected chi connectivity index (χ3v) is 4.24. The third kappa shape index (κ3) is 2.99. The van der Waals surface area contributed by atoms with Gasteiger partial charge in [-0.15, -0.1) is 0 Å². The molecule has 0 aliphatic heterocycles. The molecule has 0 spiro atoms. The van der Waals surface area contributed by atoms with Gasteiger partial charge in [-0.2, -0.15) is 0 Å². The number of ketones is 1. The maximum atomic E-state index is 12.3. The van der Waals surface area contributed by atoms with Crippen molar-refractivity contribution < 1.29 is 9.53 Å². The molecule has 0 fully saturated rings. The lowest BCUT2D eigenvalue weighted by Gasteiger charge is -2.06. The fourth-order valence-corrected chi connectivity index (χ4v) is 3.02. The number of benzene rings is 2. The van der Waals surface area contributed by atoms with Crippen molar-refractivity contribution in [3.05, 3.63) is 53.6 Å². The Morgan fingerprint density at radius 1 is 1.27 bits per heavy atom. The van der Waals surface area contributed by atoms with Crippen LogP contribution in [0.1, 0.15) is 15.9 Å². The van der Waals surface area contributed by atoms with Gasteiger partial charge in [-0.1, -0.05) is 30.0 Å². The summed E-state index contributed by atoms with van der Waals surface area (Å²) in [4.78, 5) is 20.1. The van der Waals surface area contributed by atoms with Gasteiger partial charge in [-0.25, -0.2) is 4.98 Å². The summed E-state index contributed by atoms with van der Waals surface area (Å²) in [5.74, 6) is 0.950. The van der Waals surface area contributed by atoms with Crippen molar-refractivity contribution in [1.82, 2.24) is 9.97 Å². The summed E-state index contributed by atoms with van der Waals surface area (Å²) in [7, 11) is 1.57. The summed E-state index contributed by atoms with van der Waals surface area (Å²) < 4.78 is 5.23. The summed E-state index contributed by atoms with van der Waals surface area (Å²) in [6, 6.07) is 13.3. The van der Waals surface area contributed by atoms with Gasteiger partial charge in [0.05, 0.1) is 29.5 Å². The molecule has 0 saturated carbocycles. The number of carbonyl (C=O) groups is 1. The molecule has 0 saturated heterocycles. The first-order valence-electron chi connectivity index (χ1n) is 6.93. The number of hydrogen-bond acceptors (Lipinski definition) is 4. The van der Waals surface area contributed by atoms with Crippen molar-refractivity contribution in [2.75, 3.05) is 12.9 Å². The topological polar surface area (TPSA) is 55.0 Å². The Morgan fingerprint density at radius 2 is 2.09 bits per heavy atom. The van der Waals surface area contributed by atoms with E-state index in [0.29, 0.717) is 17.1 Å². The molecule has 1 heterocycles. The third-order valence-electron chi connectivity index (χ3n) is 3.36. The standard InChI is InChI=1S/C17H16N2O2S/c1-11-7-8-13-14(9-11)19-17(18-13)22-10-15(20)12-5-3-4-6-16(12)21-2/h3-9H,10H2,1-2H3,(H,18,19). The summed E-state index contributed by atoms with van der Waals surface area (Å²) in [5.41, 5.74) is 3.69. The van der Waals surface area contributed by atoms with Gasteiger partial charge in [0.25, 0.3) is 0 Å². The van der Waals surface area contributed by atoms with Crippen molar-refractivity contribution in [1.29, 1.82) is 0 Å². The Kier molecular flexibility index (Phi) is 4.15. The van der Waals surface area contributed by atoms with Crippen molar-refractivity contribution in [3.8, 4) is 5.75 Å². The van der Waals surface area contributed by atoms with Gasteiger partial charge in [-0.05, 0) is 36.8 Å². The lowest BCUT2D eigenvalue weighted by Crippen LogP contribution is -2.04. The number of H-pyrrole nitrogens is 1. The number of fused-ring (bicyclic) bond motifs is 1. The number of nitrogens with zero attached hydrogens (tertiary/aromatic N) is 1. The highest BCUT2D eigenvalue weighted by molar-refractivity contribution is 7.99. The Balaban J connectivity index is 1.74. The van der Waals surface area contributed by atoms with E-state index < -0.39 is 0 Å². The zero-order valence-corrected chi connectivity index (χ0v) is 13.2. The Labute approximate surface area is 132 Å². The predicted molar refractivity (Wildman–Crippen MR) is 88.9 cm³/mol. The van der Waals surface area contributed by atoms with E-state index in [2.05, 4.69) is 16.0 Å². The van der Waals surface area contributed by atoms with Crippen LogP contribution < -0.4 is 4.74 Å². The van der Waals surface area contributed by atoms with Crippen LogP contribution >= 0.6 is 11.8 Å². The minimum atomic E-state index is 0.0269.